The van der Waals surface area contributed by atoms with Crippen LogP contribution in [0.3, 0.4) is 0 Å². The summed E-state index contributed by atoms with van der Waals surface area (Å²) in [6, 6.07) is 14.2. The Labute approximate surface area is 117 Å². The molecule has 3 nitrogen and oxygen atoms in total. The molecule has 0 bridgehead atoms. The van der Waals surface area contributed by atoms with Gasteiger partial charge in [-0.05, 0) is 30.7 Å². The van der Waals surface area contributed by atoms with Crippen molar-refractivity contribution in [3.8, 4) is 5.75 Å². The first kappa shape index (κ1) is 12.7. The molecule has 2 aromatic carbocycles. The highest BCUT2D eigenvalue weighted by Gasteiger charge is 2.10. The molecule has 1 heterocycles. The van der Waals surface area contributed by atoms with Crippen LogP contribution in [0.15, 0.2) is 42.5 Å². The third-order valence-electron chi connectivity index (χ3n) is 3.66. The van der Waals surface area contributed by atoms with E-state index in [9.17, 15) is 4.79 Å². The standard InChI is InChI=1S/C17H17NO2/c1-2-3-10-18-16-7-5-4-6-14(16)15-11-13(20-12-19)8-9-17(15)18/h4-9,11-12H,2-3,10H2,1H3. The highest BCUT2D eigenvalue weighted by Crippen LogP contribution is 2.31. The van der Waals surface area contributed by atoms with Crippen molar-refractivity contribution in [2.24, 2.45) is 0 Å². The summed E-state index contributed by atoms with van der Waals surface area (Å²) >= 11 is 0. The normalized spacial score (nSPS) is 11.1. The summed E-state index contributed by atoms with van der Waals surface area (Å²) < 4.78 is 7.31. The van der Waals surface area contributed by atoms with Crippen LogP contribution in [0, 0.1) is 0 Å². The molecular formula is C17H17NO2. The van der Waals surface area contributed by atoms with Crippen LogP contribution in [0.2, 0.25) is 0 Å². The molecule has 0 spiro atoms. The second-order valence-corrected chi connectivity index (χ2v) is 4.92. The van der Waals surface area contributed by atoms with Gasteiger partial charge < -0.3 is 9.30 Å². The van der Waals surface area contributed by atoms with Gasteiger partial charge in [-0.2, -0.15) is 0 Å². The van der Waals surface area contributed by atoms with Gasteiger partial charge in [-0.3, -0.25) is 4.79 Å². The van der Waals surface area contributed by atoms with Crippen molar-refractivity contribution in [3.05, 3.63) is 42.5 Å². The van der Waals surface area contributed by atoms with Gasteiger partial charge >= 0.3 is 0 Å². The molecule has 0 saturated heterocycles. The Morgan fingerprint density at radius 2 is 1.90 bits per heavy atom. The van der Waals surface area contributed by atoms with Gasteiger partial charge in [0.15, 0.2) is 0 Å². The maximum Gasteiger partial charge on any atom is 0.298 e. The zero-order valence-electron chi connectivity index (χ0n) is 11.5. The first-order valence-electron chi connectivity index (χ1n) is 6.96. The van der Waals surface area contributed by atoms with Gasteiger partial charge in [0.25, 0.3) is 6.47 Å². The molecule has 0 aliphatic rings. The van der Waals surface area contributed by atoms with Crippen molar-refractivity contribution >= 4 is 28.3 Å². The van der Waals surface area contributed by atoms with Gasteiger partial charge in [0.2, 0.25) is 0 Å². The number of benzene rings is 2. The Morgan fingerprint density at radius 3 is 2.70 bits per heavy atom. The molecule has 20 heavy (non-hydrogen) atoms. The van der Waals surface area contributed by atoms with E-state index in [1.54, 1.807) is 0 Å². The summed E-state index contributed by atoms with van der Waals surface area (Å²) in [6.07, 6.45) is 2.32. The molecule has 1 aromatic heterocycles. The summed E-state index contributed by atoms with van der Waals surface area (Å²) in [7, 11) is 0. The third-order valence-corrected chi connectivity index (χ3v) is 3.66. The van der Waals surface area contributed by atoms with E-state index in [1.807, 2.05) is 24.3 Å². The lowest BCUT2D eigenvalue weighted by Crippen LogP contribution is -1.97. The zero-order valence-corrected chi connectivity index (χ0v) is 11.5. The number of fused-ring (bicyclic) bond motifs is 3. The number of hydrogen-bond acceptors (Lipinski definition) is 2. The van der Waals surface area contributed by atoms with E-state index in [4.69, 9.17) is 4.74 Å². The van der Waals surface area contributed by atoms with Crippen molar-refractivity contribution in [2.75, 3.05) is 0 Å². The van der Waals surface area contributed by atoms with Crippen LogP contribution >= 0.6 is 0 Å². The number of para-hydroxylation sites is 1. The molecule has 0 amide bonds. The van der Waals surface area contributed by atoms with Gasteiger partial charge in [-0.15, -0.1) is 0 Å². The zero-order chi connectivity index (χ0) is 13.9. The summed E-state index contributed by atoms with van der Waals surface area (Å²) in [5.74, 6) is 0.589. The van der Waals surface area contributed by atoms with Gasteiger partial charge in [0, 0.05) is 28.4 Å². The number of ether oxygens (including phenoxy) is 1. The summed E-state index contributed by atoms with van der Waals surface area (Å²) in [5, 5.41) is 2.34. The predicted octanol–water partition coefficient (Wildman–Crippen LogP) is 4.13. The number of aromatic nitrogens is 1. The molecule has 0 fully saturated rings. The number of rotatable bonds is 5. The topological polar surface area (TPSA) is 31.2 Å². The van der Waals surface area contributed by atoms with Gasteiger partial charge in [0.05, 0.1) is 0 Å². The van der Waals surface area contributed by atoms with E-state index in [0.29, 0.717) is 12.2 Å². The third kappa shape index (κ3) is 2.05. The van der Waals surface area contributed by atoms with E-state index in [1.165, 1.54) is 22.8 Å². The Morgan fingerprint density at radius 1 is 1.10 bits per heavy atom. The van der Waals surface area contributed by atoms with E-state index >= 15 is 0 Å². The highest BCUT2D eigenvalue weighted by atomic mass is 16.5. The minimum atomic E-state index is 0.470. The molecule has 3 rings (SSSR count). The largest absolute Gasteiger partial charge is 0.429 e. The van der Waals surface area contributed by atoms with Crippen molar-refractivity contribution in [3.63, 3.8) is 0 Å². The molecule has 0 radical (unpaired) electrons. The van der Waals surface area contributed by atoms with Crippen LogP contribution in [-0.2, 0) is 11.3 Å². The lowest BCUT2D eigenvalue weighted by molar-refractivity contribution is -0.120. The van der Waals surface area contributed by atoms with Gasteiger partial charge in [-0.25, -0.2) is 0 Å². The first-order chi connectivity index (χ1) is 9.85. The molecule has 3 aromatic rings. The molecule has 0 atom stereocenters. The average molecular weight is 267 g/mol. The second kappa shape index (κ2) is 5.37. The molecule has 3 heteroatoms. The molecule has 0 N–H and O–H groups in total. The van der Waals surface area contributed by atoms with E-state index in [0.717, 1.165) is 18.4 Å². The average Bonchev–Trinajstić information content (AvgIpc) is 2.79. The van der Waals surface area contributed by atoms with Crippen LogP contribution in [0.1, 0.15) is 19.8 Å². The Kier molecular flexibility index (Phi) is 3.42. The minimum absolute atomic E-state index is 0.470. The molecular weight excluding hydrogens is 250 g/mol. The maximum atomic E-state index is 10.5. The van der Waals surface area contributed by atoms with E-state index in [-0.39, 0.29) is 0 Å². The van der Waals surface area contributed by atoms with E-state index < -0.39 is 0 Å². The molecule has 0 aliphatic carbocycles. The summed E-state index contributed by atoms with van der Waals surface area (Å²) in [4.78, 5) is 10.5. The van der Waals surface area contributed by atoms with Crippen LogP contribution in [0.25, 0.3) is 21.8 Å². The van der Waals surface area contributed by atoms with Crippen LogP contribution in [0.4, 0.5) is 0 Å². The van der Waals surface area contributed by atoms with Crippen molar-refractivity contribution < 1.29 is 9.53 Å². The summed E-state index contributed by atoms with van der Waals surface area (Å²) in [6.45, 7) is 3.68. The fourth-order valence-corrected chi connectivity index (χ4v) is 2.72. The Balaban J connectivity index is 2.26. The Hall–Kier alpha value is -2.29. The van der Waals surface area contributed by atoms with E-state index in [2.05, 4.69) is 29.7 Å². The first-order valence-corrected chi connectivity index (χ1v) is 6.96. The lowest BCUT2D eigenvalue weighted by atomic mass is 10.1. The fraction of sp³-hybridized carbons (Fsp3) is 0.235. The molecule has 0 saturated carbocycles. The summed E-state index contributed by atoms with van der Waals surface area (Å²) in [5.41, 5.74) is 2.43. The lowest BCUT2D eigenvalue weighted by Gasteiger charge is -2.06. The molecule has 0 unspecified atom stereocenters. The van der Waals surface area contributed by atoms with Crippen LogP contribution in [0.5, 0.6) is 5.75 Å². The fourth-order valence-electron chi connectivity index (χ4n) is 2.72. The number of aryl methyl sites for hydroxylation is 1. The quantitative estimate of drug-likeness (QED) is 0.651. The van der Waals surface area contributed by atoms with Gasteiger partial charge in [-0.1, -0.05) is 31.5 Å². The minimum Gasteiger partial charge on any atom is -0.429 e. The van der Waals surface area contributed by atoms with Crippen LogP contribution < -0.4 is 4.74 Å². The number of carbonyl (C=O) groups excluding carboxylic acids is 1. The van der Waals surface area contributed by atoms with Crippen molar-refractivity contribution in [1.29, 1.82) is 0 Å². The predicted molar refractivity (Wildman–Crippen MR) is 81.0 cm³/mol. The smallest absolute Gasteiger partial charge is 0.298 e. The molecule has 0 aliphatic heterocycles. The number of carbonyl (C=O) groups is 1. The van der Waals surface area contributed by atoms with Crippen molar-refractivity contribution in [2.45, 2.75) is 26.3 Å². The maximum absolute atomic E-state index is 10.5. The number of nitrogens with zero attached hydrogens (tertiary/aromatic N) is 1. The van der Waals surface area contributed by atoms with Gasteiger partial charge in [0.1, 0.15) is 5.75 Å². The Bertz CT molecular complexity index is 758. The number of hydrogen-bond donors (Lipinski definition) is 0. The number of unbranched alkanes of at least 4 members (excludes halogenated alkanes) is 1. The highest BCUT2D eigenvalue weighted by molar-refractivity contribution is 6.08. The molecule has 102 valence electrons. The SMILES string of the molecule is CCCCn1c2ccccc2c2cc(OC=O)ccc21. The van der Waals surface area contributed by atoms with Crippen LogP contribution in [-0.4, -0.2) is 11.0 Å². The van der Waals surface area contributed by atoms with Crippen molar-refractivity contribution in [1.82, 2.24) is 4.57 Å². The monoisotopic (exact) mass is 267 g/mol. The second-order valence-electron chi connectivity index (χ2n) is 4.92.